The molecule has 2 aliphatic heterocycles. The van der Waals surface area contributed by atoms with Crippen molar-refractivity contribution in [1.82, 2.24) is 19.6 Å². The highest BCUT2D eigenvalue weighted by Gasteiger charge is 2.57. The van der Waals surface area contributed by atoms with Gasteiger partial charge in [-0.1, -0.05) is 0 Å². The molecular formula is C23H32N4O4. The number of hydrogen-bond acceptors (Lipinski definition) is 5. The van der Waals surface area contributed by atoms with Crippen LogP contribution in [0.2, 0.25) is 0 Å². The number of piperidine rings is 1. The fraction of sp³-hybridized carbons (Fsp3) is 0.609. The van der Waals surface area contributed by atoms with Crippen molar-refractivity contribution in [3.8, 4) is 0 Å². The first-order valence-electron chi connectivity index (χ1n) is 11.1. The van der Waals surface area contributed by atoms with Gasteiger partial charge in [-0.3, -0.25) is 14.3 Å². The number of rotatable bonds is 7. The van der Waals surface area contributed by atoms with Crippen LogP contribution in [0.1, 0.15) is 50.1 Å². The highest BCUT2D eigenvalue weighted by molar-refractivity contribution is 5.87. The second kappa shape index (κ2) is 8.86. The average Bonchev–Trinajstić information content (AvgIpc) is 3.49. The number of likely N-dealkylation sites (tertiary alicyclic amines) is 2. The molecular weight excluding hydrogens is 396 g/mol. The second-order valence-corrected chi connectivity index (χ2v) is 8.92. The van der Waals surface area contributed by atoms with Crippen LogP contribution in [0.15, 0.2) is 35.1 Å². The second-order valence-electron chi connectivity index (χ2n) is 8.92. The summed E-state index contributed by atoms with van der Waals surface area (Å²) in [5, 5.41) is 4.52. The minimum absolute atomic E-state index is 0.00532. The number of nitrogens with zero attached hydrogens (tertiary/aromatic N) is 4. The van der Waals surface area contributed by atoms with Gasteiger partial charge in [0.1, 0.15) is 5.76 Å². The van der Waals surface area contributed by atoms with E-state index in [1.54, 1.807) is 25.6 Å². The van der Waals surface area contributed by atoms with E-state index < -0.39 is 5.41 Å². The number of ether oxygens (including phenoxy) is 1. The van der Waals surface area contributed by atoms with Crippen LogP contribution in [-0.2, 0) is 20.7 Å². The van der Waals surface area contributed by atoms with Gasteiger partial charge in [0.05, 0.1) is 24.7 Å². The Bertz CT molecular complexity index is 907. The Morgan fingerprint density at radius 3 is 2.94 bits per heavy atom. The summed E-state index contributed by atoms with van der Waals surface area (Å²) in [6.45, 7) is 6.95. The molecule has 0 aromatic carbocycles. The lowest BCUT2D eigenvalue weighted by atomic mass is 9.70. The van der Waals surface area contributed by atoms with Gasteiger partial charge < -0.3 is 19.0 Å². The molecule has 4 heterocycles. The van der Waals surface area contributed by atoms with Gasteiger partial charge >= 0.3 is 0 Å². The first-order valence-corrected chi connectivity index (χ1v) is 11.1. The van der Waals surface area contributed by atoms with Crippen LogP contribution in [0.3, 0.4) is 0 Å². The molecule has 1 spiro atoms. The van der Waals surface area contributed by atoms with E-state index in [1.165, 1.54) is 0 Å². The Balaban J connectivity index is 1.66. The predicted molar refractivity (Wildman–Crippen MR) is 114 cm³/mol. The van der Waals surface area contributed by atoms with Gasteiger partial charge in [-0.2, -0.15) is 5.10 Å². The number of carbonyl (C=O) groups is 2. The summed E-state index contributed by atoms with van der Waals surface area (Å²) in [5.41, 5.74) is 0.405. The maximum Gasteiger partial charge on any atom is 0.231 e. The van der Waals surface area contributed by atoms with Gasteiger partial charge in [0, 0.05) is 57.1 Å². The van der Waals surface area contributed by atoms with Crippen LogP contribution in [-0.4, -0.2) is 71.3 Å². The molecule has 0 N–H and O–H groups in total. The van der Waals surface area contributed by atoms with E-state index >= 15 is 0 Å². The van der Waals surface area contributed by atoms with Gasteiger partial charge in [-0.05, 0) is 44.9 Å². The van der Waals surface area contributed by atoms with E-state index in [-0.39, 0.29) is 30.2 Å². The Labute approximate surface area is 183 Å². The lowest BCUT2D eigenvalue weighted by Crippen LogP contribution is -2.53. The van der Waals surface area contributed by atoms with E-state index in [1.807, 2.05) is 26.6 Å². The highest BCUT2D eigenvalue weighted by atomic mass is 16.5. The third-order valence-corrected chi connectivity index (χ3v) is 6.68. The Morgan fingerprint density at radius 1 is 1.39 bits per heavy atom. The van der Waals surface area contributed by atoms with Crippen molar-refractivity contribution in [1.29, 1.82) is 0 Å². The van der Waals surface area contributed by atoms with Gasteiger partial charge in [0.2, 0.25) is 11.8 Å². The summed E-state index contributed by atoms with van der Waals surface area (Å²) in [6.07, 6.45) is 5.28. The van der Waals surface area contributed by atoms with Crippen LogP contribution >= 0.6 is 0 Å². The molecule has 2 fully saturated rings. The first-order chi connectivity index (χ1) is 15.0. The summed E-state index contributed by atoms with van der Waals surface area (Å²) in [4.78, 5) is 30.7. The molecule has 0 bridgehead atoms. The van der Waals surface area contributed by atoms with E-state index in [0.29, 0.717) is 32.0 Å². The van der Waals surface area contributed by atoms with Crippen molar-refractivity contribution in [2.24, 2.45) is 5.41 Å². The van der Waals surface area contributed by atoms with Crippen molar-refractivity contribution in [3.63, 3.8) is 0 Å². The molecule has 0 radical (unpaired) electrons. The predicted octanol–water partition coefficient (Wildman–Crippen LogP) is 2.48. The van der Waals surface area contributed by atoms with Gasteiger partial charge in [0.25, 0.3) is 0 Å². The van der Waals surface area contributed by atoms with Crippen molar-refractivity contribution in [2.45, 2.75) is 45.1 Å². The molecule has 168 valence electrons. The summed E-state index contributed by atoms with van der Waals surface area (Å²) < 4.78 is 12.6. The smallest absolute Gasteiger partial charge is 0.231 e. The van der Waals surface area contributed by atoms with E-state index in [4.69, 9.17) is 9.15 Å². The largest absolute Gasteiger partial charge is 0.469 e. The molecule has 0 aliphatic carbocycles. The fourth-order valence-electron chi connectivity index (χ4n) is 5.18. The lowest BCUT2D eigenvalue weighted by molar-refractivity contribution is -0.147. The number of methoxy groups -OCH3 is 1. The van der Waals surface area contributed by atoms with Gasteiger partial charge in [-0.15, -0.1) is 0 Å². The van der Waals surface area contributed by atoms with Crippen LogP contribution in [0.25, 0.3) is 0 Å². The molecule has 2 aromatic rings. The average molecular weight is 429 g/mol. The summed E-state index contributed by atoms with van der Waals surface area (Å²) in [6, 6.07) is 5.79. The molecule has 2 atom stereocenters. The molecule has 8 nitrogen and oxygen atoms in total. The highest BCUT2D eigenvalue weighted by Crippen LogP contribution is 2.49. The molecule has 4 rings (SSSR count). The van der Waals surface area contributed by atoms with E-state index in [9.17, 15) is 9.59 Å². The van der Waals surface area contributed by atoms with Crippen LogP contribution in [0, 0.1) is 5.41 Å². The molecule has 0 unspecified atom stereocenters. The zero-order valence-corrected chi connectivity index (χ0v) is 18.6. The molecule has 0 saturated carbocycles. The number of amides is 2. The molecule has 2 saturated heterocycles. The molecule has 2 aliphatic rings. The van der Waals surface area contributed by atoms with Crippen LogP contribution < -0.4 is 0 Å². The topological polar surface area (TPSA) is 80.8 Å². The molecule has 31 heavy (non-hydrogen) atoms. The lowest BCUT2D eigenvalue weighted by Gasteiger charge is -2.42. The van der Waals surface area contributed by atoms with E-state index in [2.05, 4.69) is 18.9 Å². The van der Waals surface area contributed by atoms with E-state index in [0.717, 1.165) is 25.1 Å². The number of furan rings is 1. The summed E-state index contributed by atoms with van der Waals surface area (Å²) >= 11 is 0. The third kappa shape index (κ3) is 4.01. The zero-order chi connectivity index (χ0) is 22.0. The van der Waals surface area contributed by atoms with Crippen molar-refractivity contribution >= 4 is 11.8 Å². The number of hydrogen-bond donors (Lipinski definition) is 0. The van der Waals surface area contributed by atoms with Crippen LogP contribution in [0.5, 0.6) is 0 Å². The number of carbonyl (C=O) groups excluding carboxylic acids is 2. The molecule has 8 heteroatoms. The number of aromatic nitrogens is 2. The standard InChI is InChI=1S/C23H32N4O4/c1-17(2)27-20(7-9-24-27)19-15-26(21(28)14-18-6-4-12-31-18)16-23(19)8-5-10-25(22(23)29)11-13-30-3/h4,6-7,9,12,17,19H,5,8,10-11,13-16H2,1-3H3/t19-,23+/m0/s1. The minimum Gasteiger partial charge on any atom is -0.469 e. The zero-order valence-electron chi connectivity index (χ0n) is 18.6. The SMILES string of the molecule is COCCN1CCC[C@]2(CN(C(=O)Cc3ccco3)C[C@H]2c2ccnn2C(C)C)C1=O. The van der Waals surface area contributed by atoms with Crippen molar-refractivity contribution in [3.05, 3.63) is 42.1 Å². The fourth-order valence-corrected chi connectivity index (χ4v) is 5.18. The monoisotopic (exact) mass is 428 g/mol. The Hall–Kier alpha value is -2.61. The first kappa shape index (κ1) is 21.6. The maximum absolute atomic E-state index is 13.8. The van der Waals surface area contributed by atoms with Crippen molar-refractivity contribution in [2.75, 3.05) is 39.9 Å². The van der Waals surface area contributed by atoms with Crippen LogP contribution in [0.4, 0.5) is 0 Å². The Morgan fingerprint density at radius 2 is 2.23 bits per heavy atom. The van der Waals surface area contributed by atoms with Gasteiger partial charge in [-0.25, -0.2) is 0 Å². The molecule has 2 aromatic heterocycles. The molecule has 2 amide bonds. The quantitative estimate of drug-likeness (QED) is 0.677. The normalized spacial score (nSPS) is 24.0. The van der Waals surface area contributed by atoms with Crippen molar-refractivity contribution < 1.29 is 18.7 Å². The maximum atomic E-state index is 13.8. The minimum atomic E-state index is -0.627. The third-order valence-electron chi connectivity index (χ3n) is 6.68. The Kier molecular flexibility index (Phi) is 6.18. The van der Waals surface area contributed by atoms with Gasteiger partial charge in [0.15, 0.2) is 0 Å². The summed E-state index contributed by atoms with van der Waals surface area (Å²) in [5.74, 6) is 0.682. The summed E-state index contributed by atoms with van der Waals surface area (Å²) in [7, 11) is 1.65.